The zero-order valence-electron chi connectivity index (χ0n) is 10.2. The Morgan fingerprint density at radius 3 is 2.39 bits per heavy atom. The molecule has 94 valence electrons. The van der Waals surface area contributed by atoms with Crippen LogP contribution in [0.5, 0.6) is 0 Å². The lowest BCUT2D eigenvalue weighted by Crippen LogP contribution is -2.05. The molecule has 2 rings (SSSR count). The molecule has 0 fully saturated rings. The van der Waals surface area contributed by atoms with Crippen molar-refractivity contribution in [1.82, 2.24) is 0 Å². The molecule has 1 N–H and O–H groups in total. The maximum atomic E-state index is 13.9. The summed E-state index contributed by atoms with van der Waals surface area (Å²) < 4.78 is 13.9. The molecule has 0 aliphatic carbocycles. The zero-order valence-corrected chi connectivity index (χ0v) is 11.0. The fraction of sp³-hybridized carbons (Fsp3) is 0.200. The van der Waals surface area contributed by atoms with Crippen LogP contribution in [0, 0.1) is 19.7 Å². The third kappa shape index (κ3) is 2.26. The molecule has 0 radical (unpaired) electrons. The third-order valence-corrected chi connectivity index (χ3v) is 3.51. The van der Waals surface area contributed by atoms with E-state index in [0.29, 0.717) is 5.56 Å². The van der Waals surface area contributed by atoms with Crippen molar-refractivity contribution in [2.45, 2.75) is 20.0 Å². The van der Waals surface area contributed by atoms with Gasteiger partial charge in [0.15, 0.2) is 0 Å². The van der Waals surface area contributed by atoms with E-state index >= 15 is 0 Å². The lowest BCUT2D eigenvalue weighted by molar-refractivity contribution is 0.214. The molecule has 2 aromatic rings. The van der Waals surface area contributed by atoms with Gasteiger partial charge < -0.3 is 5.11 Å². The van der Waals surface area contributed by atoms with E-state index in [4.69, 9.17) is 11.6 Å². The van der Waals surface area contributed by atoms with Crippen LogP contribution in [0.3, 0.4) is 0 Å². The minimum atomic E-state index is -0.997. The highest BCUT2D eigenvalue weighted by Gasteiger charge is 2.18. The second-order valence-corrected chi connectivity index (χ2v) is 4.74. The van der Waals surface area contributed by atoms with E-state index in [0.717, 1.165) is 11.1 Å². The second-order valence-electron chi connectivity index (χ2n) is 4.33. The van der Waals surface area contributed by atoms with Crippen LogP contribution in [0.2, 0.25) is 5.02 Å². The lowest BCUT2D eigenvalue weighted by Gasteiger charge is -2.16. The van der Waals surface area contributed by atoms with E-state index in [1.165, 1.54) is 6.07 Å². The van der Waals surface area contributed by atoms with Crippen molar-refractivity contribution in [2.24, 2.45) is 0 Å². The van der Waals surface area contributed by atoms with Crippen LogP contribution in [0.15, 0.2) is 36.4 Å². The predicted molar refractivity (Wildman–Crippen MR) is 71.4 cm³/mol. The SMILES string of the molecule is Cc1cccc(C(O)c2cccc(Cl)c2F)c1C. The molecule has 0 amide bonds. The normalized spacial score (nSPS) is 12.5. The smallest absolute Gasteiger partial charge is 0.147 e. The van der Waals surface area contributed by atoms with Gasteiger partial charge in [0.1, 0.15) is 11.9 Å². The van der Waals surface area contributed by atoms with Gasteiger partial charge in [0.05, 0.1) is 5.02 Å². The zero-order chi connectivity index (χ0) is 13.3. The molecule has 0 heterocycles. The van der Waals surface area contributed by atoms with Gasteiger partial charge in [0.25, 0.3) is 0 Å². The predicted octanol–water partition coefficient (Wildman–Crippen LogP) is 4.18. The van der Waals surface area contributed by atoms with E-state index in [1.54, 1.807) is 18.2 Å². The van der Waals surface area contributed by atoms with Crippen LogP contribution in [0.1, 0.15) is 28.4 Å². The number of hydrogen-bond acceptors (Lipinski definition) is 1. The number of aryl methyl sites for hydroxylation is 1. The summed E-state index contributed by atoms with van der Waals surface area (Å²) in [5.41, 5.74) is 2.94. The van der Waals surface area contributed by atoms with Crippen LogP contribution >= 0.6 is 11.6 Å². The highest BCUT2D eigenvalue weighted by Crippen LogP contribution is 2.30. The number of rotatable bonds is 2. The monoisotopic (exact) mass is 264 g/mol. The standard InChI is InChI=1S/C15H14ClFO/c1-9-5-3-6-11(10(9)2)15(18)12-7-4-8-13(16)14(12)17/h3-8,15,18H,1-2H3. The van der Waals surface area contributed by atoms with E-state index in [2.05, 4.69) is 0 Å². The van der Waals surface area contributed by atoms with Crippen LogP contribution in [0.4, 0.5) is 4.39 Å². The number of benzene rings is 2. The van der Waals surface area contributed by atoms with Gasteiger partial charge in [-0.15, -0.1) is 0 Å². The van der Waals surface area contributed by atoms with Crippen LogP contribution in [0.25, 0.3) is 0 Å². The largest absolute Gasteiger partial charge is 0.384 e. The van der Waals surface area contributed by atoms with Gasteiger partial charge in [-0.3, -0.25) is 0 Å². The molecular formula is C15H14ClFO. The fourth-order valence-corrected chi connectivity index (χ4v) is 2.15. The number of halogens is 2. The van der Waals surface area contributed by atoms with Gasteiger partial charge >= 0.3 is 0 Å². The minimum absolute atomic E-state index is 0.0249. The topological polar surface area (TPSA) is 20.2 Å². The first-order valence-electron chi connectivity index (χ1n) is 5.70. The van der Waals surface area contributed by atoms with Crippen molar-refractivity contribution in [2.75, 3.05) is 0 Å². The first-order valence-corrected chi connectivity index (χ1v) is 6.08. The summed E-state index contributed by atoms with van der Waals surface area (Å²) in [5, 5.41) is 10.3. The molecule has 1 unspecified atom stereocenters. The first kappa shape index (κ1) is 13.1. The molecule has 0 aromatic heterocycles. The summed E-state index contributed by atoms with van der Waals surface area (Å²) in [4.78, 5) is 0. The van der Waals surface area contributed by atoms with Gasteiger partial charge in [-0.1, -0.05) is 41.9 Å². The molecule has 18 heavy (non-hydrogen) atoms. The Kier molecular flexibility index (Phi) is 3.69. The molecule has 0 spiro atoms. The Bertz CT molecular complexity index is 529. The van der Waals surface area contributed by atoms with Gasteiger partial charge in [-0.05, 0) is 36.6 Å². The Balaban J connectivity index is 2.51. The number of hydrogen-bond donors (Lipinski definition) is 1. The minimum Gasteiger partial charge on any atom is -0.384 e. The molecule has 2 aromatic carbocycles. The molecule has 0 saturated carbocycles. The second kappa shape index (κ2) is 5.09. The van der Waals surface area contributed by atoms with Crippen molar-refractivity contribution in [3.05, 3.63) is 69.5 Å². The lowest BCUT2D eigenvalue weighted by atomic mass is 9.94. The molecule has 0 aliphatic rings. The first-order chi connectivity index (χ1) is 8.52. The molecule has 1 atom stereocenters. The molecular weight excluding hydrogens is 251 g/mol. The number of aliphatic hydroxyl groups is 1. The van der Waals surface area contributed by atoms with Crippen molar-refractivity contribution in [3.8, 4) is 0 Å². The molecule has 3 heteroatoms. The Morgan fingerprint density at radius 2 is 1.67 bits per heavy atom. The summed E-state index contributed by atoms with van der Waals surface area (Å²) in [5.74, 6) is -0.562. The molecule has 0 aliphatic heterocycles. The van der Waals surface area contributed by atoms with Gasteiger partial charge in [-0.2, -0.15) is 0 Å². The quantitative estimate of drug-likeness (QED) is 0.863. The van der Waals surface area contributed by atoms with Gasteiger partial charge in [-0.25, -0.2) is 4.39 Å². The van der Waals surface area contributed by atoms with E-state index in [9.17, 15) is 9.50 Å². The summed E-state index contributed by atoms with van der Waals surface area (Å²) in [6.07, 6.45) is -0.997. The van der Waals surface area contributed by atoms with Crippen LogP contribution < -0.4 is 0 Å². The summed E-state index contributed by atoms with van der Waals surface area (Å²) in [6.45, 7) is 3.87. The Morgan fingerprint density at radius 1 is 1.06 bits per heavy atom. The summed E-state index contributed by atoms with van der Waals surface area (Å²) in [7, 11) is 0. The highest BCUT2D eigenvalue weighted by atomic mass is 35.5. The van der Waals surface area contributed by atoms with Crippen LogP contribution in [-0.2, 0) is 0 Å². The summed E-state index contributed by atoms with van der Waals surface area (Å²) >= 11 is 5.73. The third-order valence-electron chi connectivity index (χ3n) is 3.22. The van der Waals surface area contributed by atoms with Gasteiger partial charge in [0, 0.05) is 5.56 Å². The maximum absolute atomic E-state index is 13.9. The molecule has 1 nitrogen and oxygen atoms in total. The Labute approximate surface area is 111 Å². The fourth-order valence-electron chi connectivity index (χ4n) is 1.97. The van der Waals surface area contributed by atoms with Gasteiger partial charge in [0.2, 0.25) is 0 Å². The van der Waals surface area contributed by atoms with Crippen molar-refractivity contribution >= 4 is 11.6 Å². The van der Waals surface area contributed by atoms with E-state index < -0.39 is 11.9 Å². The van der Waals surface area contributed by atoms with E-state index in [-0.39, 0.29) is 10.6 Å². The van der Waals surface area contributed by atoms with Crippen molar-refractivity contribution in [3.63, 3.8) is 0 Å². The van der Waals surface area contributed by atoms with E-state index in [1.807, 2.05) is 26.0 Å². The Hall–Kier alpha value is -1.38. The maximum Gasteiger partial charge on any atom is 0.147 e. The van der Waals surface area contributed by atoms with Crippen molar-refractivity contribution < 1.29 is 9.50 Å². The highest BCUT2D eigenvalue weighted by molar-refractivity contribution is 6.30. The average molecular weight is 265 g/mol. The molecule has 0 saturated heterocycles. The van der Waals surface area contributed by atoms with Crippen LogP contribution in [-0.4, -0.2) is 5.11 Å². The summed E-state index contributed by atoms with van der Waals surface area (Å²) in [6, 6.07) is 10.3. The van der Waals surface area contributed by atoms with Crippen molar-refractivity contribution in [1.29, 1.82) is 0 Å². The molecule has 0 bridgehead atoms. The average Bonchev–Trinajstić information content (AvgIpc) is 2.35. The number of aliphatic hydroxyl groups excluding tert-OH is 1.